The number of halogens is 1. The minimum atomic E-state index is -1.42. The molecule has 102 valence electrons. The predicted molar refractivity (Wildman–Crippen MR) is 68.2 cm³/mol. The molecule has 1 aliphatic rings. The Morgan fingerprint density at radius 2 is 2.11 bits per heavy atom. The number of carboxylic acids is 1. The number of carbonyl (C=O) groups excluding carboxylic acids is 1. The number of hydrogen-bond donors (Lipinski definition) is 3. The Balaban J connectivity index is 2.22. The summed E-state index contributed by atoms with van der Waals surface area (Å²) in [6, 6.07) is 4.03. The number of likely N-dealkylation sites (tertiary alicyclic amines) is 1. The van der Waals surface area contributed by atoms with Gasteiger partial charge in [0.05, 0.1) is 10.6 Å². The van der Waals surface area contributed by atoms with Crippen molar-refractivity contribution in [2.75, 3.05) is 13.1 Å². The van der Waals surface area contributed by atoms with Crippen LogP contribution in [0.25, 0.3) is 0 Å². The molecule has 1 aromatic carbocycles. The molecule has 4 N–H and O–H groups in total. The highest BCUT2D eigenvalue weighted by molar-refractivity contribution is 6.33. The number of phenolic OH excluding ortho intramolecular Hbond substituents is 1. The number of carbonyl (C=O) groups is 2. The van der Waals surface area contributed by atoms with Gasteiger partial charge in [-0.05, 0) is 24.6 Å². The lowest BCUT2D eigenvalue weighted by Crippen LogP contribution is -2.50. The van der Waals surface area contributed by atoms with Crippen molar-refractivity contribution in [2.24, 2.45) is 5.73 Å². The molecular weight excluding hydrogens is 272 g/mol. The van der Waals surface area contributed by atoms with Gasteiger partial charge in [0, 0.05) is 13.1 Å². The number of rotatable bonds is 2. The Morgan fingerprint density at radius 3 is 2.68 bits per heavy atom. The van der Waals surface area contributed by atoms with Crippen LogP contribution in [0.15, 0.2) is 18.2 Å². The summed E-state index contributed by atoms with van der Waals surface area (Å²) in [7, 11) is 0. The van der Waals surface area contributed by atoms with Gasteiger partial charge < -0.3 is 20.8 Å². The Bertz CT molecular complexity index is 549. The molecule has 1 heterocycles. The molecule has 0 aromatic heterocycles. The van der Waals surface area contributed by atoms with E-state index in [-0.39, 0.29) is 35.8 Å². The molecule has 6 nitrogen and oxygen atoms in total. The van der Waals surface area contributed by atoms with Crippen molar-refractivity contribution in [3.05, 3.63) is 28.8 Å². The fourth-order valence-corrected chi connectivity index (χ4v) is 2.23. The zero-order chi connectivity index (χ0) is 14.2. The molecule has 0 saturated carbocycles. The van der Waals surface area contributed by atoms with Gasteiger partial charge in [0.1, 0.15) is 11.3 Å². The van der Waals surface area contributed by atoms with Crippen LogP contribution in [0.5, 0.6) is 5.75 Å². The van der Waals surface area contributed by atoms with Crippen molar-refractivity contribution in [2.45, 2.75) is 12.0 Å². The SMILES string of the molecule is NC1(C(=O)O)CCN(C(=O)c2cc(O)ccc2Cl)C1. The van der Waals surface area contributed by atoms with Crippen molar-refractivity contribution >= 4 is 23.5 Å². The summed E-state index contributed by atoms with van der Waals surface area (Å²) in [5.41, 5.74) is 4.42. The molecule has 1 atom stereocenters. The Labute approximate surface area is 114 Å². The number of benzene rings is 1. The van der Waals surface area contributed by atoms with Gasteiger partial charge in [-0.1, -0.05) is 11.6 Å². The van der Waals surface area contributed by atoms with Gasteiger partial charge in [-0.3, -0.25) is 9.59 Å². The van der Waals surface area contributed by atoms with E-state index in [0.717, 1.165) is 0 Å². The third-order valence-corrected chi connectivity index (χ3v) is 3.52. The van der Waals surface area contributed by atoms with Gasteiger partial charge in [-0.15, -0.1) is 0 Å². The molecule has 1 aliphatic heterocycles. The van der Waals surface area contributed by atoms with E-state index >= 15 is 0 Å². The molecule has 1 saturated heterocycles. The molecule has 1 unspecified atom stereocenters. The van der Waals surface area contributed by atoms with E-state index in [2.05, 4.69) is 0 Å². The first-order valence-electron chi connectivity index (χ1n) is 5.63. The summed E-state index contributed by atoms with van der Waals surface area (Å²) in [5.74, 6) is -1.65. The molecule has 1 amide bonds. The zero-order valence-electron chi connectivity index (χ0n) is 9.97. The fourth-order valence-electron chi connectivity index (χ4n) is 2.03. The summed E-state index contributed by atoms with van der Waals surface area (Å²) in [6.07, 6.45) is 0.185. The van der Waals surface area contributed by atoms with Crippen LogP contribution in [0.4, 0.5) is 0 Å². The zero-order valence-corrected chi connectivity index (χ0v) is 10.7. The molecule has 0 radical (unpaired) electrons. The monoisotopic (exact) mass is 284 g/mol. The lowest BCUT2D eigenvalue weighted by atomic mass is 10.0. The topological polar surface area (TPSA) is 104 Å². The van der Waals surface area contributed by atoms with E-state index in [9.17, 15) is 14.7 Å². The van der Waals surface area contributed by atoms with Gasteiger partial charge in [0.2, 0.25) is 0 Å². The van der Waals surface area contributed by atoms with Crippen LogP contribution in [0.1, 0.15) is 16.8 Å². The number of aromatic hydroxyl groups is 1. The molecule has 7 heteroatoms. The Hall–Kier alpha value is -1.79. The Kier molecular flexibility index (Phi) is 3.38. The van der Waals surface area contributed by atoms with Gasteiger partial charge >= 0.3 is 5.97 Å². The van der Waals surface area contributed by atoms with E-state index in [1.165, 1.54) is 23.1 Å². The average Bonchev–Trinajstić information content (AvgIpc) is 2.76. The number of carboxylic acid groups (broad SMARTS) is 1. The van der Waals surface area contributed by atoms with Crippen LogP contribution < -0.4 is 5.73 Å². The van der Waals surface area contributed by atoms with Crippen LogP contribution >= 0.6 is 11.6 Å². The van der Waals surface area contributed by atoms with Crippen molar-refractivity contribution in [1.29, 1.82) is 0 Å². The number of nitrogens with two attached hydrogens (primary N) is 1. The number of phenols is 1. The van der Waals surface area contributed by atoms with Crippen LogP contribution in [0, 0.1) is 0 Å². The molecule has 0 aliphatic carbocycles. The first kappa shape index (κ1) is 13.6. The number of hydrogen-bond acceptors (Lipinski definition) is 4. The van der Waals surface area contributed by atoms with E-state index in [1.54, 1.807) is 0 Å². The van der Waals surface area contributed by atoms with Crippen molar-refractivity contribution in [3.63, 3.8) is 0 Å². The molecule has 19 heavy (non-hydrogen) atoms. The fraction of sp³-hybridized carbons (Fsp3) is 0.333. The predicted octanol–water partition coefficient (Wildman–Crippen LogP) is 0.674. The second kappa shape index (κ2) is 4.71. The lowest BCUT2D eigenvalue weighted by Gasteiger charge is -2.20. The number of nitrogens with zero attached hydrogens (tertiary/aromatic N) is 1. The van der Waals surface area contributed by atoms with E-state index in [1.807, 2.05) is 0 Å². The maximum Gasteiger partial charge on any atom is 0.325 e. The normalized spacial score (nSPS) is 22.5. The van der Waals surface area contributed by atoms with Gasteiger partial charge in [-0.2, -0.15) is 0 Å². The molecule has 2 rings (SSSR count). The van der Waals surface area contributed by atoms with Crippen LogP contribution in [-0.2, 0) is 4.79 Å². The third kappa shape index (κ3) is 2.50. The van der Waals surface area contributed by atoms with Crippen LogP contribution in [-0.4, -0.2) is 45.6 Å². The first-order valence-corrected chi connectivity index (χ1v) is 6.01. The smallest absolute Gasteiger partial charge is 0.325 e. The summed E-state index contributed by atoms with van der Waals surface area (Å²) in [4.78, 5) is 24.6. The minimum Gasteiger partial charge on any atom is -0.508 e. The number of amides is 1. The van der Waals surface area contributed by atoms with Gasteiger partial charge in [-0.25, -0.2) is 0 Å². The van der Waals surface area contributed by atoms with Gasteiger partial charge in [0.25, 0.3) is 5.91 Å². The Morgan fingerprint density at radius 1 is 1.42 bits per heavy atom. The maximum absolute atomic E-state index is 12.2. The largest absolute Gasteiger partial charge is 0.508 e. The van der Waals surface area contributed by atoms with Gasteiger partial charge in [0.15, 0.2) is 0 Å². The molecular formula is C12H13ClN2O4. The maximum atomic E-state index is 12.2. The highest BCUT2D eigenvalue weighted by atomic mass is 35.5. The highest BCUT2D eigenvalue weighted by Crippen LogP contribution is 2.26. The molecule has 1 fully saturated rings. The molecule has 0 spiro atoms. The second-order valence-electron chi connectivity index (χ2n) is 4.60. The van der Waals surface area contributed by atoms with Crippen molar-refractivity contribution in [1.82, 2.24) is 4.90 Å². The summed E-state index contributed by atoms with van der Waals surface area (Å²) < 4.78 is 0. The van der Waals surface area contributed by atoms with E-state index < -0.39 is 17.4 Å². The standard InChI is InChI=1S/C12H13ClN2O4/c13-9-2-1-7(16)5-8(9)10(17)15-4-3-12(14,6-15)11(18)19/h1-2,5,16H,3-4,6,14H2,(H,18,19). The van der Waals surface area contributed by atoms with E-state index in [4.69, 9.17) is 22.4 Å². The van der Waals surface area contributed by atoms with Crippen LogP contribution in [0.2, 0.25) is 5.02 Å². The lowest BCUT2D eigenvalue weighted by molar-refractivity contribution is -0.142. The highest BCUT2D eigenvalue weighted by Gasteiger charge is 2.43. The molecule has 1 aromatic rings. The van der Waals surface area contributed by atoms with Crippen molar-refractivity contribution < 1.29 is 19.8 Å². The third-order valence-electron chi connectivity index (χ3n) is 3.19. The summed E-state index contributed by atoms with van der Waals surface area (Å²) in [5, 5.41) is 18.6. The summed E-state index contributed by atoms with van der Waals surface area (Å²) in [6.45, 7) is 0.167. The quantitative estimate of drug-likeness (QED) is 0.741. The molecule has 0 bridgehead atoms. The second-order valence-corrected chi connectivity index (χ2v) is 5.01. The number of aliphatic carboxylic acids is 1. The van der Waals surface area contributed by atoms with Crippen LogP contribution in [0.3, 0.4) is 0 Å². The summed E-state index contributed by atoms with van der Waals surface area (Å²) >= 11 is 5.90. The average molecular weight is 285 g/mol. The minimum absolute atomic E-state index is 0.0762. The first-order chi connectivity index (χ1) is 8.83. The van der Waals surface area contributed by atoms with E-state index in [0.29, 0.717) is 0 Å². The van der Waals surface area contributed by atoms with Crippen molar-refractivity contribution in [3.8, 4) is 5.75 Å².